The summed E-state index contributed by atoms with van der Waals surface area (Å²) < 4.78 is 6.46. The highest BCUT2D eigenvalue weighted by Gasteiger charge is 2.33. The Bertz CT molecular complexity index is 1090. The molecule has 1 aliphatic heterocycles. The van der Waals surface area contributed by atoms with Gasteiger partial charge in [0, 0.05) is 29.2 Å². The van der Waals surface area contributed by atoms with Gasteiger partial charge in [0.15, 0.2) is 4.67 Å². The molecule has 8 heteroatoms. The molecule has 28 heavy (non-hydrogen) atoms. The summed E-state index contributed by atoms with van der Waals surface area (Å²) in [6.45, 7) is 6.86. The van der Waals surface area contributed by atoms with Crippen molar-refractivity contribution in [1.82, 2.24) is 10.4 Å². The molecule has 3 heterocycles. The molecule has 0 saturated heterocycles. The minimum Gasteiger partial charge on any atom is -0.494 e. The van der Waals surface area contributed by atoms with Gasteiger partial charge in [-0.25, -0.2) is 5.43 Å². The number of fused-ring (bicyclic) bond motifs is 3. The van der Waals surface area contributed by atoms with Crippen LogP contribution in [0.5, 0.6) is 5.75 Å². The van der Waals surface area contributed by atoms with E-state index < -0.39 is 0 Å². The first-order valence-electron chi connectivity index (χ1n) is 8.92. The van der Waals surface area contributed by atoms with Crippen molar-refractivity contribution < 1.29 is 9.53 Å². The number of carbonyl (C=O) groups excluding carboxylic acids is 1. The fraction of sp³-hybridized carbons (Fsp3) is 0.250. The highest BCUT2D eigenvalue weighted by molar-refractivity contribution is 7.68. The third kappa shape index (κ3) is 3.41. The second-order valence-electron chi connectivity index (χ2n) is 6.86. The first kappa shape index (κ1) is 18.6. The normalized spacial score (nSPS) is 14.6. The van der Waals surface area contributed by atoms with Crippen molar-refractivity contribution in [1.29, 1.82) is 0 Å². The lowest BCUT2D eigenvalue weighted by Gasteiger charge is -2.33. The van der Waals surface area contributed by atoms with Gasteiger partial charge >= 0.3 is 0 Å². The van der Waals surface area contributed by atoms with E-state index in [2.05, 4.69) is 34.7 Å². The van der Waals surface area contributed by atoms with Crippen LogP contribution in [-0.2, 0) is 5.54 Å². The average Bonchev–Trinajstić information content (AvgIpc) is 3.13. The number of aromatic nitrogens is 1. The summed E-state index contributed by atoms with van der Waals surface area (Å²) in [4.78, 5) is 17.5. The number of ether oxygens (including phenoxy) is 1. The van der Waals surface area contributed by atoms with Gasteiger partial charge in [0.05, 0.1) is 22.6 Å². The number of rotatable bonds is 4. The van der Waals surface area contributed by atoms with Gasteiger partial charge in [-0.05, 0) is 51.1 Å². The molecule has 0 atom stereocenters. The van der Waals surface area contributed by atoms with Gasteiger partial charge in [0.2, 0.25) is 0 Å². The highest BCUT2D eigenvalue weighted by Crippen LogP contribution is 2.46. The molecule has 3 aromatic rings. The van der Waals surface area contributed by atoms with Crippen molar-refractivity contribution >= 4 is 32.3 Å². The molecule has 2 N–H and O–H groups in total. The summed E-state index contributed by atoms with van der Waals surface area (Å²) >= 11 is 0. The van der Waals surface area contributed by atoms with Crippen molar-refractivity contribution in [2.24, 2.45) is 5.10 Å². The largest absolute Gasteiger partial charge is 0.494 e. The molecule has 0 bridgehead atoms. The van der Waals surface area contributed by atoms with Crippen LogP contribution in [0, 0.1) is 0 Å². The van der Waals surface area contributed by atoms with E-state index in [4.69, 9.17) is 4.74 Å². The molecule has 2 aromatic heterocycles. The Kier molecular flexibility index (Phi) is 4.91. The van der Waals surface area contributed by atoms with Crippen molar-refractivity contribution in [2.45, 2.75) is 26.3 Å². The molecule has 0 spiro atoms. The van der Waals surface area contributed by atoms with Crippen LogP contribution in [0.1, 0.15) is 36.0 Å². The zero-order valence-electron chi connectivity index (χ0n) is 15.8. The van der Waals surface area contributed by atoms with Gasteiger partial charge in [0.25, 0.3) is 5.91 Å². The summed E-state index contributed by atoms with van der Waals surface area (Å²) in [5, 5.41) is 8.02. The lowest BCUT2D eigenvalue weighted by atomic mass is 9.90. The van der Waals surface area contributed by atoms with Crippen LogP contribution in [0.2, 0.25) is 0 Å². The third-order valence-electron chi connectivity index (χ3n) is 4.41. The fourth-order valence-electron chi connectivity index (χ4n) is 3.14. The van der Waals surface area contributed by atoms with Crippen LogP contribution in [0.15, 0.2) is 47.8 Å². The quantitative estimate of drug-likeness (QED) is 0.498. The van der Waals surface area contributed by atoms with Crippen LogP contribution < -0.4 is 20.2 Å². The predicted octanol–water partition coefficient (Wildman–Crippen LogP) is 4.18. The zero-order valence-corrected chi connectivity index (χ0v) is 17.4. The van der Waals surface area contributed by atoms with E-state index in [0.29, 0.717) is 12.2 Å². The SMILES string of the molecule is CCOc1ccc2c(c1)-c1c(ss/c1=N\NC(=O)c1cccnc1)C(C)(C)N2. The predicted molar refractivity (Wildman–Crippen MR) is 113 cm³/mol. The maximum absolute atomic E-state index is 12.4. The van der Waals surface area contributed by atoms with Crippen LogP contribution in [0.3, 0.4) is 0 Å². The van der Waals surface area contributed by atoms with Gasteiger partial charge in [-0.1, -0.05) is 20.7 Å². The zero-order chi connectivity index (χ0) is 19.7. The first-order chi connectivity index (χ1) is 13.5. The minimum absolute atomic E-state index is 0.224. The maximum atomic E-state index is 12.4. The van der Waals surface area contributed by atoms with E-state index in [1.54, 1.807) is 39.0 Å². The molecule has 6 nitrogen and oxygen atoms in total. The van der Waals surface area contributed by atoms with Crippen LogP contribution in [0.25, 0.3) is 11.1 Å². The number of carbonyl (C=O) groups is 1. The molecule has 0 aliphatic carbocycles. The summed E-state index contributed by atoms with van der Waals surface area (Å²) in [6.07, 6.45) is 3.15. The molecular weight excluding hydrogens is 392 g/mol. The summed E-state index contributed by atoms with van der Waals surface area (Å²) in [6, 6.07) is 9.46. The number of hydrogen-bond acceptors (Lipinski definition) is 7. The molecule has 4 rings (SSSR count). The standard InChI is InChI=1S/C20H20N4O2S2/c1-4-26-13-7-8-15-14(10-13)16-17(20(2,3)22-15)27-28-19(16)24-23-18(25)12-6-5-9-21-11-12/h5-11,22H,4H2,1-3H3,(H,23,25)/b24-19-. The van der Waals surface area contributed by atoms with E-state index >= 15 is 0 Å². The Morgan fingerprint density at radius 2 is 2.18 bits per heavy atom. The first-order valence-corrected chi connectivity index (χ1v) is 11.1. The van der Waals surface area contributed by atoms with Gasteiger partial charge < -0.3 is 10.1 Å². The third-order valence-corrected chi connectivity index (χ3v) is 7.06. The molecule has 144 valence electrons. The van der Waals surface area contributed by atoms with Gasteiger partial charge in [-0.2, -0.15) is 5.10 Å². The molecule has 0 fully saturated rings. The second kappa shape index (κ2) is 7.37. The van der Waals surface area contributed by atoms with Gasteiger partial charge in [0.1, 0.15) is 5.75 Å². The number of amides is 1. The minimum atomic E-state index is -0.281. The lowest BCUT2D eigenvalue weighted by Crippen LogP contribution is -2.32. The number of pyridine rings is 1. The molecule has 1 amide bonds. The number of anilines is 1. The Hall–Kier alpha value is -2.71. The average molecular weight is 413 g/mol. The van der Waals surface area contributed by atoms with Crippen LogP contribution in [0.4, 0.5) is 5.69 Å². The molecule has 0 radical (unpaired) electrons. The lowest BCUT2D eigenvalue weighted by molar-refractivity contribution is 0.0953. The maximum Gasteiger partial charge on any atom is 0.272 e. The highest BCUT2D eigenvalue weighted by atomic mass is 32.9. The topological polar surface area (TPSA) is 75.6 Å². The Morgan fingerprint density at radius 1 is 1.32 bits per heavy atom. The summed E-state index contributed by atoms with van der Waals surface area (Å²) in [5.41, 5.74) is 6.02. The van der Waals surface area contributed by atoms with Crippen LogP contribution >= 0.6 is 20.7 Å². The van der Waals surface area contributed by atoms with Crippen molar-refractivity contribution in [3.8, 4) is 16.9 Å². The Balaban J connectivity index is 1.77. The summed E-state index contributed by atoms with van der Waals surface area (Å²) in [5.74, 6) is 0.534. The molecule has 0 unspecified atom stereocenters. The molecule has 1 aliphatic rings. The summed E-state index contributed by atoms with van der Waals surface area (Å²) in [7, 11) is 3.22. The molecule has 1 aromatic carbocycles. The van der Waals surface area contributed by atoms with E-state index in [0.717, 1.165) is 27.2 Å². The van der Waals surface area contributed by atoms with Crippen LogP contribution in [-0.4, -0.2) is 17.5 Å². The smallest absolute Gasteiger partial charge is 0.272 e. The van der Waals surface area contributed by atoms with Crippen molar-refractivity contribution in [3.63, 3.8) is 0 Å². The second-order valence-corrected chi connectivity index (χ2v) is 8.99. The van der Waals surface area contributed by atoms with Gasteiger partial charge in [-0.3, -0.25) is 9.78 Å². The number of hydrogen-bond donors (Lipinski definition) is 2. The number of nitrogens with zero attached hydrogens (tertiary/aromatic N) is 2. The Morgan fingerprint density at radius 3 is 2.93 bits per heavy atom. The molecular formula is C20H20N4O2S2. The Labute approximate surface area is 170 Å². The number of benzene rings is 1. The monoisotopic (exact) mass is 412 g/mol. The van der Waals surface area contributed by atoms with E-state index in [1.807, 2.05) is 25.1 Å². The van der Waals surface area contributed by atoms with E-state index in [-0.39, 0.29) is 11.4 Å². The van der Waals surface area contributed by atoms with Crippen molar-refractivity contribution in [3.05, 3.63) is 57.8 Å². The van der Waals surface area contributed by atoms with Gasteiger partial charge in [-0.15, -0.1) is 0 Å². The molecule has 0 saturated carbocycles. The fourth-order valence-corrected chi connectivity index (χ4v) is 6.02. The van der Waals surface area contributed by atoms with Crippen molar-refractivity contribution in [2.75, 3.05) is 11.9 Å². The number of nitrogens with one attached hydrogen (secondary N) is 2. The van der Waals surface area contributed by atoms with E-state index in [9.17, 15) is 4.79 Å². The van der Waals surface area contributed by atoms with E-state index in [1.165, 1.54) is 11.1 Å².